The molecule has 0 spiro atoms. The fraction of sp³-hybridized carbons (Fsp3) is 0.485. The highest BCUT2D eigenvalue weighted by Gasteiger charge is 2.45. The van der Waals surface area contributed by atoms with E-state index in [0.717, 1.165) is 11.1 Å². The lowest BCUT2D eigenvalue weighted by atomic mass is 9.98. The Morgan fingerprint density at radius 2 is 1.58 bits per heavy atom. The molecule has 0 aliphatic carbocycles. The molecule has 0 radical (unpaired) electrons. The Kier molecular flexibility index (Phi) is 11.2. The zero-order chi connectivity index (χ0) is 32.6. The van der Waals surface area contributed by atoms with Gasteiger partial charge in [0.25, 0.3) is 0 Å². The molecular formula is C33H44N6O6. The van der Waals surface area contributed by atoms with Crippen molar-refractivity contribution in [2.45, 2.75) is 88.7 Å². The summed E-state index contributed by atoms with van der Waals surface area (Å²) in [6.45, 7) is 5.97. The molecule has 242 valence electrons. The Morgan fingerprint density at radius 1 is 0.956 bits per heavy atom. The topological polar surface area (TPSA) is 172 Å². The maximum atomic E-state index is 13.8. The molecule has 12 heteroatoms. The molecule has 4 atom stereocenters. The molecule has 12 nitrogen and oxygen atoms in total. The van der Waals surface area contributed by atoms with Gasteiger partial charge in [-0.05, 0) is 64.1 Å². The number of nitrogens with one attached hydrogen (secondary N) is 4. The van der Waals surface area contributed by atoms with Crippen LogP contribution in [-0.2, 0) is 23.9 Å². The summed E-state index contributed by atoms with van der Waals surface area (Å²) >= 11 is 0. The first-order chi connectivity index (χ1) is 21.4. The summed E-state index contributed by atoms with van der Waals surface area (Å²) in [4.78, 5) is 67.2. The van der Waals surface area contributed by atoms with E-state index in [1.54, 1.807) is 20.8 Å². The van der Waals surface area contributed by atoms with E-state index in [-0.39, 0.29) is 25.4 Å². The lowest BCUT2D eigenvalue weighted by Gasteiger charge is -2.36. The fourth-order valence-electron chi connectivity index (χ4n) is 5.82. The van der Waals surface area contributed by atoms with Crippen LogP contribution in [0.25, 0.3) is 0 Å². The molecule has 4 rings (SSSR count). The van der Waals surface area contributed by atoms with E-state index in [1.807, 2.05) is 60.7 Å². The van der Waals surface area contributed by atoms with Crippen LogP contribution in [0.1, 0.15) is 70.0 Å². The van der Waals surface area contributed by atoms with Gasteiger partial charge in [-0.2, -0.15) is 0 Å². The van der Waals surface area contributed by atoms with Gasteiger partial charge in [0.1, 0.15) is 23.7 Å². The number of rotatable bonds is 10. The highest BCUT2D eigenvalue weighted by atomic mass is 16.6. The molecule has 2 saturated heterocycles. The molecule has 6 N–H and O–H groups in total. The molecule has 0 aromatic heterocycles. The van der Waals surface area contributed by atoms with Crippen LogP contribution in [0.2, 0.25) is 0 Å². The molecule has 2 aliphatic heterocycles. The van der Waals surface area contributed by atoms with Crippen LogP contribution < -0.4 is 27.0 Å². The molecule has 2 aromatic rings. The van der Waals surface area contributed by atoms with Gasteiger partial charge < -0.3 is 36.6 Å². The molecule has 5 amide bonds. The fourth-order valence-corrected chi connectivity index (χ4v) is 5.82. The number of ether oxygens (including phenoxy) is 1. The zero-order valence-electron chi connectivity index (χ0n) is 26.1. The number of nitrogens with zero attached hydrogens (tertiary/aromatic N) is 1. The minimum absolute atomic E-state index is 0.0138. The third-order valence-electron chi connectivity index (χ3n) is 7.92. The normalized spacial score (nSPS) is 20.8. The van der Waals surface area contributed by atoms with Crippen molar-refractivity contribution in [1.82, 2.24) is 26.2 Å². The number of carbonyl (C=O) groups is 5. The van der Waals surface area contributed by atoms with E-state index in [0.29, 0.717) is 25.8 Å². The van der Waals surface area contributed by atoms with Crippen LogP contribution in [0.4, 0.5) is 4.79 Å². The van der Waals surface area contributed by atoms with Gasteiger partial charge >= 0.3 is 6.09 Å². The summed E-state index contributed by atoms with van der Waals surface area (Å²) in [5.41, 5.74) is 6.37. The lowest BCUT2D eigenvalue weighted by molar-refractivity contribution is -0.143. The number of hydrogen-bond acceptors (Lipinski definition) is 7. The molecule has 2 aromatic carbocycles. The van der Waals surface area contributed by atoms with E-state index in [1.165, 1.54) is 4.90 Å². The third-order valence-corrected chi connectivity index (χ3v) is 7.92. The molecule has 45 heavy (non-hydrogen) atoms. The monoisotopic (exact) mass is 620 g/mol. The highest BCUT2D eigenvalue weighted by molar-refractivity contribution is 5.95. The molecule has 0 saturated carbocycles. The Labute approximate surface area is 263 Å². The van der Waals surface area contributed by atoms with E-state index in [4.69, 9.17) is 10.5 Å². The number of primary amides is 1. The SMILES string of the molecule is CC(C)(C)OC(=O)N[C@H]1CNCC[C@H]2CC[C@@H](C(=O)N[C@H](CCC(N)=O)C(=O)NC(c3ccccc3)c3ccccc3)N2C1=O. The first-order valence-electron chi connectivity index (χ1n) is 15.4. The Bertz CT molecular complexity index is 1310. The zero-order valence-corrected chi connectivity index (χ0v) is 26.1. The Morgan fingerprint density at radius 3 is 2.16 bits per heavy atom. The molecule has 2 aliphatic rings. The average Bonchev–Trinajstić information content (AvgIpc) is 3.41. The van der Waals surface area contributed by atoms with Gasteiger partial charge in [0, 0.05) is 19.0 Å². The summed E-state index contributed by atoms with van der Waals surface area (Å²) in [5.74, 6) is -1.99. The second-order valence-electron chi connectivity index (χ2n) is 12.5. The molecular weight excluding hydrogens is 576 g/mol. The molecule has 0 bridgehead atoms. The van der Waals surface area contributed by atoms with Crippen LogP contribution in [0.3, 0.4) is 0 Å². The predicted octanol–water partition coefficient (Wildman–Crippen LogP) is 1.89. The number of benzene rings is 2. The van der Waals surface area contributed by atoms with Crippen LogP contribution in [-0.4, -0.2) is 77.5 Å². The van der Waals surface area contributed by atoms with Crippen molar-refractivity contribution in [3.05, 3.63) is 71.8 Å². The quantitative estimate of drug-likeness (QED) is 0.270. The van der Waals surface area contributed by atoms with Gasteiger partial charge in [0.15, 0.2) is 0 Å². The van der Waals surface area contributed by atoms with Crippen molar-refractivity contribution in [2.75, 3.05) is 13.1 Å². The largest absolute Gasteiger partial charge is 0.444 e. The van der Waals surface area contributed by atoms with Gasteiger partial charge in [-0.15, -0.1) is 0 Å². The van der Waals surface area contributed by atoms with Crippen LogP contribution in [0.15, 0.2) is 60.7 Å². The first kappa shape index (κ1) is 33.4. The van der Waals surface area contributed by atoms with Crippen molar-refractivity contribution in [3.63, 3.8) is 0 Å². The Balaban J connectivity index is 1.53. The highest BCUT2D eigenvalue weighted by Crippen LogP contribution is 2.29. The number of nitrogens with two attached hydrogens (primary N) is 1. The Hall–Kier alpha value is -4.45. The average molecular weight is 621 g/mol. The second kappa shape index (κ2) is 15.0. The number of amides is 5. The summed E-state index contributed by atoms with van der Waals surface area (Å²) < 4.78 is 5.36. The van der Waals surface area contributed by atoms with E-state index in [9.17, 15) is 24.0 Å². The summed E-state index contributed by atoms with van der Waals surface area (Å²) in [5, 5.41) is 11.7. The molecule has 2 heterocycles. The molecule has 2 fully saturated rings. The van der Waals surface area contributed by atoms with Crippen LogP contribution in [0, 0.1) is 0 Å². The van der Waals surface area contributed by atoms with Crippen molar-refractivity contribution < 1.29 is 28.7 Å². The summed E-state index contributed by atoms with van der Waals surface area (Å²) in [6.07, 6.45) is 0.753. The van der Waals surface area contributed by atoms with Crippen molar-refractivity contribution in [3.8, 4) is 0 Å². The maximum absolute atomic E-state index is 13.8. The maximum Gasteiger partial charge on any atom is 0.408 e. The minimum atomic E-state index is -1.08. The van der Waals surface area contributed by atoms with Crippen LogP contribution >= 0.6 is 0 Å². The number of carbonyl (C=O) groups excluding carboxylic acids is 5. The lowest BCUT2D eigenvalue weighted by Crippen LogP contribution is -2.61. The third kappa shape index (κ3) is 9.27. The van der Waals surface area contributed by atoms with Gasteiger partial charge in [0.05, 0.1) is 6.04 Å². The second-order valence-corrected chi connectivity index (χ2v) is 12.5. The van der Waals surface area contributed by atoms with Crippen molar-refractivity contribution >= 4 is 29.7 Å². The van der Waals surface area contributed by atoms with Gasteiger partial charge in [-0.25, -0.2) is 4.79 Å². The predicted molar refractivity (Wildman–Crippen MR) is 168 cm³/mol. The van der Waals surface area contributed by atoms with Gasteiger partial charge in [-0.1, -0.05) is 60.7 Å². The minimum Gasteiger partial charge on any atom is -0.444 e. The first-order valence-corrected chi connectivity index (χ1v) is 15.4. The number of hydrogen-bond donors (Lipinski definition) is 5. The van der Waals surface area contributed by atoms with Crippen molar-refractivity contribution in [2.24, 2.45) is 5.73 Å². The van der Waals surface area contributed by atoms with Gasteiger partial charge in [0.2, 0.25) is 23.6 Å². The van der Waals surface area contributed by atoms with E-state index < -0.39 is 59.5 Å². The van der Waals surface area contributed by atoms with E-state index in [2.05, 4.69) is 21.3 Å². The summed E-state index contributed by atoms with van der Waals surface area (Å²) in [7, 11) is 0. The molecule has 0 unspecified atom stereocenters. The standard InChI is InChI=1S/C33H44N6O6/c1-33(2,3)45-32(44)37-25-20-35-19-18-23-14-16-26(39(23)31(25)43)30(42)36-24(15-17-27(34)40)29(41)38-28(21-10-6-4-7-11-21)22-12-8-5-9-13-22/h4-13,23-26,28,35H,14-20H2,1-3H3,(H2,34,40)(H,36,42)(H,37,44)(H,38,41)/t23-,24-,25+,26+/m1/s1. The smallest absolute Gasteiger partial charge is 0.408 e. The number of alkyl carbamates (subject to hydrolysis) is 1. The van der Waals surface area contributed by atoms with Crippen LogP contribution in [0.5, 0.6) is 0 Å². The van der Waals surface area contributed by atoms with Gasteiger partial charge in [-0.3, -0.25) is 19.2 Å². The van der Waals surface area contributed by atoms with Crippen molar-refractivity contribution in [1.29, 1.82) is 0 Å². The summed E-state index contributed by atoms with van der Waals surface area (Å²) in [6, 6.07) is 15.3. The van der Waals surface area contributed by atoms with E-state index >= 15 is 0 Å². The number of fused-ring (bicyclic) bond motifs is 1.